The van der Waals surface area contributed by atoms with Crippen LogP contribution in [-0.4, -0.2) is 64.1 Å². The molecule has 1 saturated heterocycles. The van der Waals surface area contributed by atoms with E-state index >= 15 is 0 Å². The monoisotopic (exact) mass is 487 g/mol. The Balaban J connectivity index is 1.07. The maximum atomic E-state index is 12.7. The normalized spacial score (nSPS) is 14.2. The summed E-state index contributed by atoms with van der Waals surface area (Å²) in [5, 5.41) is 4.10. The predicted molar refractivity (Wildman–Crippen MR) is 133 cm³/mol. The van der Waals surface area contributed by atoms with E-state index in [1.54, 1.807) is 13.3 Å². The van der Waals surface area contributed by atoms with Crippen LogP contribution in [0.25, 0.3) is 22.7 Å². The van der Waals surface area contributed by atoms with Gasteiger partial charge in [-0.2, -0.15) is 4.98 Å². The number of ether oxygens (including phenoxy) is 1. The van der Waals surface area contributed by atoms with Gasteiger partial charge in [0, 0.05) is 50.1 Å². The van der Waals surface area contributed by atoms with Crippen molar-refractivity contribution in [1.29, 1.82) is 0 Å². The average molecular weight is 488 g/mol. The molecule has 1 fully saturated rings. The maximum Gasteiger partial charge on any atom is 0.241 e. The average Bonchev–Trinajstić information content (AvgIpc) is 3.58. The minimum absolute atomic E-state index is 0.115. The Morgan fingerprint density at radius 3 is 2.42 bits per heavy atom. The molecule has 36 heavy (non-hydrogen) atoms. The van der Waals surface area contributed by atoms with Crippen LogP contribution in [0.5, 0.6) is 5.75 Å². The van der Waals surface area contributed by atoms with E-state index in [9.17, 15) is 4.79 Å². The molecule has 5 rings (SSSR count). The van der Waals surface area contributed by atoms with Gasteiger partial charge in [0.2, 0.25) is 17.6 Å². The van der Waals surface area contributed by atoms with Crippen molar-refractivity contribution in [3.63, 3.8) is 0 Å². The van der Waals surface area contributed by atoms with Crippen LogP contribution in [-0.2, 0) is 17.8 Å². The lowest BCUT2D eigenvalue weighted by Crippen LogP contribution is -2.48. The number of piperazine rings is 1. The van der Waals surface area contributed by atoms with Crippen molar-refractivity contribution in [2.75, 3.05) is 33.3 Å². The molecule has 0 atom stereocenters. The SMILES string of the molecule is COc1ccc(-c2noc(CN3CCN(C(=O)CCc4ncc(-c5ccc(C)cc5)o4)CC3)n2)cc1. The van der Waals surface area contributed by atoms with Crippen LogP contribution in [0, 0.1) is 6.92 Å². The summed E-state index contributed by atoms with van der Waals surface area (Å²) in [7, 11) is 1.63. The van der Waals surface area contributed by atoms with Gasteiger partial charge in [-0.05, 0) is 31.2 Å². The van der Waals surface area contributed by atoms with Gasteiger partial charge in [0.15, 0.2) is 11.7 Å². The van der Waals surface area contributed by atoms with Gasteiger partial charge in [-0.15, -0.1) is 0 Å². The van der Waals surface area contributed by atoms with Gasteiger partial charge in [-0.3, -0.25) is 9.69 Å². The Hall–Kier alpha value is -3.98. The first-order chi connectivity index (χ1) is 17.6. The van der Waals surface area contributed by atoms with Crippen molar-refractivity contribution >= 4 is 5.91 Å². The molecule has 4 aromatic rings. The zero-order chi connectivity index (χ0) is 24.9. The topological polar surface area (TPSA) is 97.7 Å². The number of oxazole rings is 1. The van der Waals surface area contributed by atoms with E-state index in [1.165, 1.54) is 5.56 Å². The summed E-state index contributed by atoms with van der Waals surface area (Å²) < 4.78 is 16.5. The molecule has 0 saturated carbocycles. The number of methoxy groups -OCH3 is 1. The highest BCUT2D eigenvalue weighted by molar-refractivity contribution is 5.76. The summed E-state index contributed by atoms with van der Waals surface area (Å²) in [5.41, 5.74) is 3.05. The van der Waals surface area contributed by atoms with E-state index in [-0.39, 0.29) is 5.91 Å². The summed E-state index contributed by atoms with van der Waals surface area (Å²) in [4.78, 5) is 25.7. The Kier molecular flexibility index (Phi) is 7.08. The summed E-state index contributed by atoms with van der Waals surface area (Å²) in [6.45, 7) is 5.44. The van der Waals surface area contributed by atoms with Crippen LogP contribution in [0.4, 0.5) is 0 Å². The van der Waals surface area contributed by atoms with Crippen molar-refractivity contribution < 1.29 is 18.5 Å². The Bertz CT molecular complexity index is 1290. The van der Waals surface area contributed by atoms with E-state index < -0.39 is 0 Å². The Morgan fingerprint density at radius 1 is 0.972 bits per heavy atom. The number of amides is 1. The molecule has 2 aromatic heterocycles. The lowest BCUT2D eigenvalue weighted by atomic mass is 10.1. The van der Waals surface area contributed by atoms with Gasteiger partial charge in [0.25, 0.3) is 0 Å². The van der Waals surface area contributed by atoms with Crippen molar-refractivity contribution in [3.05, 3.63) is 72.1 Å². The van der Waals surface area contributed by atoms with Gasteiger partial charge >= 0.3 is 0 Å². The second-order valence-electron chi connectivity index (χ2n) is 8.88. The van der Waals surface area contributed by atoms with Crippen LogP contribution in [0.3, 0.4) is 0 Å². The van der Waals surface area contributed by atoms with Gasteiger partial charge in [-0.1, -0.05) is 35.0 Å². The van der Waals surface area contributed by atoms with E-state index in [2.05, 4.69) is 20.0 Å². The molecule has 3 heterocycles. The number of hydrogen-bond donors (Lipinski definition) is 0. The third-order valence-electron chi connectivity index (χ3n) is 6.34. The Morgan fingerprint density at radius 2 is 1.69 bits per heavy atom. The quantitative estimate of drug-likeness (QED) is 0.368. The molecule has 1 aliphatic rings. The smallest absolute Gasteiger partial charge is 0.241 e. The number of carbonyl (C=O) groups is 1. The number of aryl methyl sites for hydroxylation is 2. The minimum atomic E-state index is 0.115. The summed E-state index contributed by atoms with van der Waals surface area (Å²) in [6, 6.07) is 15.6. The lowest BCUT2D eigenvalue weighted by molar-refractivity contribution is -0.133. The Labute approximate surface area is 209 Å². The number of aromatic nitrogens is 3. The van der Waals surface area contributed by atoms with Crippen LogP contribution in [0.1, 0.15) is 23.8 Å². The molecule has 0 aliphatic carbocycles. The molecule has 0 N–H and O–H groups in total. The second-order valence-corrected chi connectivity index (χ2v) is 8.88. The number of rotatable bonds is 8. The standard InChI is InChI=1S/C27H29N5O4/c1-19-3-5-20(6-4-19)23-17-28-24(35-23)11-12-26(33)32-15-13-31(14-16-32)18-25-29-27(30-36-25)21-7-9-22(34-2)10-8-21/h3-10,17H,11-16,18H2,1-2H3. The molecule has 0 bridgehead atoms. The van der Waals surface area contributed by atoms with Crippen molar-refractivity contribution in [2.24, 2.45) is 0 Å². The van der Waals surface area contributed by atoms with E-state index in [1.807, 2.05) is 60.4 Å². The first kappa shape index (κ1) is 23.7. The van der Waals surface area contributed by atoms with E-state index in [0.29, 0.717) is 50.1 Å². The zero-order valence-electron chi connectivity index (χ0n) is 20.5. The fraction of sp³-hybridized carbons (Fsp3) is 0.333. The minimum Gasteiger partial charge on any atom is -0.497 e. The van der Waals surface area contributed by atoms with Crippen LogP contribution >= 0.6 is 0 Å². The molecular formula is C27H29N5O4. The molecule has 9 heteroatoms. The number of benzene rings is 2. The highest BCUT2D eigenvalue weighted by atomic mass is 16.5. The molecule has 2 aromatic carbocycles. The second kappa shape index (κ2) is 10.7. The van der Waals surface area contributed by atoms with E-state index in [0.717, 1.165) is 35.7 Å². The zero-order valence-corrected chi connectivity index (χ0v) is 20.5. The molecule has 0 unspecified atom stereocenters. The number of hydrogen-bond acceptors (Lipinski definition) is 8. The third-order valence-corrected chi connectivity index (χ3v) is 6.34. The molecule has 0 spiro atoms. The van der Waals surface area contributed by atoms with Crippen molar-refractivity contribution in [1.82, 2.24) is 24.9 Å². The van der Waals surface area contributed by atoms with Crippen LogP contribution in [0.2, 0.25) is 0 Å². The molecule has 9 nitrogen and oxygen atoms in total. The first-order valence-electron chi connectivity index (χ1n) is 12.1. The summed E-state index contributed by atoms with van der Waals surface area (Å²) in [5.74, 6) is 3.32. The summed E-state index contributed by atoms with van der Waals surface area (Å²) >= 11 is 0. The van der Waals surface area contributed by atoms with Gasteiger partial charge < -0.3 is 18.6 Å². The van der Waals surface area contributed by atoms with Crippen molar-refractivity contribution in [2.45, 2.75) is 26.3 Å². The summed E-state index contributed by atoms with van der Waals surface area (Å²) in [6.07, 6.45) is 2.59. The largest absolute Gasteiger partial charge is 0.497 e. The van der Waals surface area contributed by atoms with E-state index in [4.69, 9.17) is 13.7 Å². The molecule has 1 amide bonds. The third kappa shape index (κ3) is 5.63. The fourth-order valence-corrected chi connectivity index (χ4v) is 4.17. The lowest BCUT2D eigenvalue weighted by Gasteiger charge is -2.33. The first-order valence-corrected chi connectivity index (χ1v) is 12.1. The molecule has 186 valence electrons. The highest BCUT2D eigenvalue weighted by Crippen LogP contribution is 2.22. The number of carbonyl (C=O) groups excluding carboxylic acids is 1. The van der Waals surface area contributed by atoms with Gasteiger partial charge in [0.05, 0.1) is 19.9 Å². The predicted octanol–water partition coefficient (Wildman–Crippen LogP) is 3.99. The highest BCUT2D eigenvalue weighted by Gasteiger charge is 2.23. The molecule has 1 aliphatic heterocycles. The maximum absolute atomic E-state index is 12.7. The molecule has 0 radical (unpaired) electrons. The molecular weight excluding hydrogens is 458 g/mol. The van der Waals surface area contributed by atoms with Crippen molar-refractivity contribution in [3.8, 4) is 28.5 Å². The van der Waals surface area contributed by atoms with Crippen LogP contribution < -0.4 is 4.74 Å². The van der Waals surface area contributed by atoms with Gasteiger partial charge in [0.1, 0.15) is 5.75 Å². The van der Waals surface area contributed by atoms with Gasteiger partial charge in [-0.25, -0.2) is 4.98 Å². The van der Waals surface area contributed by atoms with Crippen LogP contribution in [0.15, 0.2) is 63.7 Å². The number of nitrogens with zero attached hydrogens (tertiary/aromatic N) is 5. The fourth-order valence-electron chi connectivity index (χ4n) is 4.17.